The molecule has 7 heteroatoms. The van der Waals surface area contributed by atoms with Gasteiger partial charge in [-0.25, -0.2) is 4.79 Å². The van der Waals surface area contributed by atoms with Crippen molar-refractivity contribution in [3.05, 3.63) is 0 Å². The van der Waals surface area contributed by atoms with Crippen LogP contribution in [0.2, 0.25) is 0 Å². The van der Waals surface area contributed by atoms with E-state index in [1.165, 1.54) is 4.90 Å². The summed E-state index contributed by atoms with van der Waals surface area (Å²) in [6, 6.07) is -1.54. The fourth-order valence-electron chi connectivity index (χ4n) is 2.04. The quantitative estimate of drug-likeness (QED) is 0.598. The second-order valence-electron chi connectivity index (χ2n) is 5.43. The third-order valence-corrected chi connectivity index (χ3v) is 3.59. The van der Waals surface area contributed by atoms with E-state index in [9.17, 15) is 14.4 Å². The van der Waals surface area contributed by atoms with Crippen LogP contribution in [0.1, 0.15) is 33.1 Å². The van der Waals surface area contributed by atoms with Gasteiger partial charge in [0.25, 0.3) is 0 Å². The molecule has 0 saturated heterocycles. The van der Waals surface area contributed by atoms with E-state index in [-0.39, 0.29) is 18.4 Å². The highest BCUT2D eigenvalue weighted by Gasteiger charge is 2.33. The summed E-state index contributed by atoms with van der Waals surface area (Å²) in [6.07, 6.45) is 2.71. The normalized spacial score (nSPS) is 17.1. The highest BCUT2D eigenvalue weighted by molar-refractivity contribution is 5.89. The first-order valence-corrected chi connectivity index (χ1v) is 6.91. The van der Waals surface area contributed by atoms with Gasteiger partial charge in [-0.1, -0.05) is 20.3 Å². The molecule has 4 N–H and O–H groups in total. The molecule has 0 aromatic rings. The minimum absolute atomic E-state index is 0.106. The maximum absolute atomic E-state index is 12.5. The van der Waals surface area contributed by atoms with Crippen LogP contribution in [-0.4, -0.2) is 47.0 Å². The molecule has 0 heterocycles. The summed E-state index contributed by atoms with van der Waals surface area (Å²) >= 11 is 0. The molecule has 1 aliphatic carbocycles. The van der Waals surface area contributed by atoms with Crippen LogP contribution in [0.25, 0.3) is 0 Å². The number of nitrogens with zero attached hydrogens (tertiary/aromatic N) is 1. The molecule has 0 aromatic carbocycles. The minimum Gasteiger partial charge on any atom is -0.480 e. The van der Waals surface area contributed by atoms with E-state index in [1.807, 2.05) is 13.8 Å². The molecule has 0 bridgehead atoms. The summed E-state index contributed by atoms with van der Waals surface area (Å²) in [5, 5.41) is 11.4. The Labute approximate surface area is 118 Å². The molecule has 7 nitrogen and oxygen atoms in total. The predicted octanol–water partition coefficient (Wildman–Crippen LogP) is 0.393. The van der Waals surface area contributed by atoms with Gasteiger partial charge in [0.2, 0.25) is 5.91 Å². The Morgan fingerprint density at radius 2 is 2.00 bits per heavy atom. The van der Waals surface area contributed by atoms with Crippen molar-refractivity contribution in [3.63, 3.8) is 0 Å². The van der Waals surface area contributed by atoms with Crippen LogP contribution in [-0.2, 0) is 9.59 Å². The number of carboxylic acids is 1. The zero-order valence-corrected chi connectivity index (χ0v) is 12.0. The van der Waals surface area contributed by atoms with E-state index < -0.39 is 18.0 Å². The molecule has 1 saturated carbocycles. The van der Waals surface area contributed by atoms with E-state index in [4.69, 9.17) is 10.8 Å². The number of carbonyl (C=O) groups excluding carboxylic acids is 2. The van der Waals surface area contributed by atoms with Gasteiger partial charge >= 0.3 is 12.0 Å². The number of nitrogens with one attached hydrogen (secondary N) is 1. The average Bonchev–Trinajstić information content (AvgIpc) is 3.16. The minimum atomic E-state index is -1.05. The van der Waals surface area contributed by atoms with Crippen LogP contribution >= 0.6 is 0 Å². The largest absolute Gasteiger partial charge is 0.480 e. The van der Waals surface area contributed by atoms with E-state index in [2.05, 4.69) is 5.32 Å². The van der Waals surface area contributed by atoms with Crippen molar-refractivity contribution >= 4 is 17.9 Å². The number of primary amides is 1. The van der Waals surface area contributed by atoms with Gasteiger partial charge in [-0.2, -0.15) is 0 Å². The highest BCUT2D eigenvalue weighted by atomic mass is 16.4. The third kappa shape index (κ3) is 5.07. The van der Waals surface area contributed by atoms with Gasteiger partial charge in [-0.15, -0.1) is 0 Å². The highest BCUT2D eigenvalue weighted by Crippen LogP contribution is 2.30. The Hall–Kier alpha value is -1.79. The van der Waals surface area contributed by atoms with Gasteiger partial charge in [0.15, 0.2) is 0 Å². The van der Waals surface area contributed by atoms with Crippen LogP contribution in [0.15, 0.2) is 0 Å². The lowest BCUT2D eigenvalue weighted by Crippen LogP contribution is -2.54. The van der Waals surface area contributed by atoms with Crippen LogP contribution in [0.3, 0.4) is 0 Å². The first-order valence-electron chi connectivity index (χ1n) is 6.91. The van der Waals surface area contributed by atoms with Gasteiger partial charge in [0.05, 0.1) is 0 Å². The van der Waals surface area contributed by atoms with E-state index >= 15 is 0 Å². The third-order valence-electron chi connectivity index (χ3n) is 3.59. The lowest BCUT2D eigenvalue weighted by atomic mass is 9.97. The number of carbonyl (C=O) groups is 3. The van der Waals surface area contributed by atoms with Gasteiger partial charge in [-0.05, 0) is 24.7 Å². The van der Waals surface area contributed by atoms with Crippen molar-refractivity contribution in [2.45, 2.75) is 39.2 Å². The van der Waals surface area contributed by atoms with Gasteiger partial charge in [-0.3, -0.25) is 9.59 Å². The maximum atomic E-state index is 12.5. The molecule has 1 aliphatic rings. The molecule has 1 rings (SSSR count). The monoisotopic (exact) mass is 285 g/mol. The Bertz CT molecular complexity index is 382. The number of urea groups is 1. The Kier molecular flexibility index (Phi) is 5.79. The molecule has 0 aromatic heterocycles. The number of aliphatic carboxylic acids is 1. The SMILES string of the molecule is CCC(C)C(NC(N)=O)C(=O)N(CC(=O)O)CC1CC1. The van der Waals surface area contributed by atoms with Crippen molar-refractivity contribution in [3.8, 4) is 0 Å². The molecule has 0 radical (unpaired) electrons. The van der Waals surface area contributed by atoms with Crippen LogP contribution in [0.4, 0.5) is 4.79 Å². The van der Waals surface area contributed by atoms with E-state index in [0.717, 1.165) is 12.8 Å². The molecule has 2 atom stereocenters. The van der Waals surface area contributed by atoms with Crippen molar-refractivity contribution < 1.29 is 19.5 Å². The second kappa shape index (κ2) is 7.12. The predicted molar refractivity (Wildman–Crippen MR) is 72.9 cm³/mol. The first kappa shape index (κ1) is 16.3. The van der Waals surface area contributed by atoms with Crippen molar-refractivity contribution in [1.29, 1.82) is 0 Å². The topological polar surface area (TPSA) is 113 Å². The van der Waals surface area contributed by atoms with Crippen molar-refractivity contribution in [2.75, 3.05) is 13.1 Å². The van der Waals surface area contributed by atoms with Crippen molar-refractivity contribution in [1.82, 2.24) is 10.2 Å². The second-order valence-corrected chi connectivity index (χ2v) is 5.43. The summed E-state index contributed by atoms with van der Waals surface area (Å²) in [6.45, 7) is 3.81. The Balaban J connectivity index is 2.79. The number of hydrogen-bond donors (Lipinski definition) is 3. The number of amides is 3. The van der Waals surface area contributed by atoms with Crippen molar-refractivity contribution in [2.24, 2.45) is 17.6 Å². The number of hydrogen-bond acceptors (Lipinski definition) is 3. The summed E-state index contributed by atoms with van der Waals surface area (Å²) in [5.41, 5.74) is 5.10. The van der Waals surface area contributed by atoms with Gasteiger partial charge in [0.1, 0.15) is 12.6 Å². The van der Waals surface area contributed by atoms with Crippen LogP contribution < -0.4 is 11.1 Å². The van der Waals surface area contributed by atoms with Crippen LogP contribution in [0.5, 0.6) is 0 Å². The maximum Gasteiger partial charge on any atom is 0.323 e. The molecule has 20 heavy (non-hydrogen) atoms. The molecular weight excluding hydrogens is 262 g/mol. The average molecular weight is 285 g/mol. The standard InChI is InChI=1S/C13H23N3O4/c1-3-8(2)11(15-13(14)20)12(19)16(7-10(17)18)6-9-4-5-9/h8-9,11H,3-7H2,1-2H3,(H,17,18)(H3,14,15,20). The summed E-state index contributed by atoms with van der Waals surface area (Å²) < 4.78 is 0. The fourth-order valence-corrected chi connectivity index (χ4v) is 2.04. The van der Waals surface area contributed by atoms with E-state index in [0.29, 0.717) is 18.9 Å². The van der Waals surface area contributed by atoms with Gasteiger partial charge in [0, 0.05) is 6.54 Å². The van der Waals surface area contributed by atoms with Crippen LogP contribution in [0, 0.1) is 11.8 Å². The smallest absolute Gasteiger partial charge is 0.323 e. The number of nitrogens with two attached hydrogens (primary N) is 1. The molecule has 1 fully saturated rings. The van der Waals surface area contributed by atoms with Gasteiger partial charge < -0.3 is 21.1 Å². The Morgan fingerprint density at radius 3 is 2.40 bits per heavy atom. The lowest BCUT2D eigenvalue weighted by molar-refractivity contribution is -0.146. The molecule has 0 aliphatic heterocycles. The molecule has 2 unspecified atom stereocenters. The summed E-state index contributed by atoms with van der Waals surface area (Å²) in [4.78, 5) is 35.7. The molecule has 114 valence electrons. The van der Waals surface area contributed by atoms with E-state index in [1.54, 1.807) is 0 Å². The molecular formula is C13H23N3O4. The summed E-state index contributed by atoms with van der Waals surface area (Å²) in [7, 11) is 0. The molecule has 0 spiro atoms. The number of carboxylic acid groups (broad SMARTS) is 1. The lowest BCUT2D eigenvalue weighted by Gasteiger charge is -2.29. The summed E-state index contributed by atoms with van der Waals surface area (Å²) in [5.74, 6) is -1.15. The first-order chi connectivity index (χ1) is 9.35. The zero-order valence-electron chi connectivity index (χ0n) is 12.0. The number of rotatable bonds is 8. The zero-order chi connectivity index (χ0) is 15.3. The fraction of sp³-hybridized carbons (Fsp3) is 0.769. The Morgan fingerprint density at radius 1 is 1.40 bits per heavy atom. The molecule has 3 amide bonds.